The quantitative estimate of drug-likeness (QED) is 0.182. The minimum absolute atomic E-state index is 0.107. The van der Waals surface area contributed by atoms with E-state index in [1.807, 2.05) is 50.2 Å². The van der Waals surface area contributed by atoms with E-state index >= 15 is 0 Å². The van der Waals surface area contributed by atoms with Crippen LogP contribution in [0.25, 0.3) is 6.08 Å². The van der Waals surface area contributed by atoms with E-state index in [-0.39, 0.29) is 22.8 Å². The van der Waals surface area contributed by atoms with Gasteiger partial charge in [0.05, 0.1) is 5.25 Å². The van der Waals surface area contributed by atoms with Gasteiger partial charge in [0.15, 0.2) is 0 Å². The Hall–Kier alpha value is -4.69. The fraction of sp³-hybridized carbons (Fsp3) is 0.0968. The van der Waals surface area contributed by atoms with Gasteiger partial charge in [0.1, 0.15) is 5.70 Å². The number of hydrogen-bond acceptors (Lipinski definition) is 5. The third kappa shape index (κ3) is 8.15. The average Bonchev–Trinajstić information content (AvgIpc) is 2.95. The van der Waals surface area contributed by atoms with E-state index in [1.165, 1.54) is 11.8 Å². The predicted molar refractivity (Wildman–Crippen MR) is 156 cm³/mol. The van der Waals surface area contributed by atoms with Gasteiger partial charge in [0, 0.05) is 34.2 Å². The SMILES string of the molecule is Cc1ccc(/C=C(\NC(=O)c2ccccc2)C(=O)Nc2cccc(SC(C)C(=O)Nc3ccncc3)c2)cc1. The molecule has 0 aliphatic heterocycles. The molecule has 0 radical (unpaired) electrons. The van der Waals surface area contributed by atoms with Gasteiger partial charge in [0.2, 0.25) is 5.91 Å². The maximum Gasteiger partial charge on any atom is 0.272 e. The molecule has 1 atom stereocenters. The molecular formula is C31H28N4O3S. The van der Waals surface area contributed by atoms with Gasteiger partial charge in [-0.3, -0.25) is 19.4 Å². The van der Waals surface area contributed by atoms with Crippen molar-refractivity contribution in [2.24, 2.45) is 0 Å². The molecule has 1 unspecified atom stereocenters. The lowest BCUT2D eigenvalue weighted by Crippen LogP contribution is -2.30. The molecule has 196 valence electrons. The van der Waals surface area contributed by atoms with Crippen molar-refractivity contribution < 1.29 is 14.4 Å². The van der Waals surface area contributed by atoms with E-state index < -0.39 is 5.91 Å². The first-order chi connectivity index (χ1) is 18.9. The fourth-order valence-electron chi connectivity index (χ4n) is 3.55. The van der Waals surface area contributed by atoms with Crippen LogP contribution in [0.5, 0.6) is 0 Å². The summed E-state index contributed by atoms with van der Waals surface area (Å²) < 4.78 is 0. The zero-order valence-electron chi connectivity index (χ0n) is 21.5. The molecule has 0 aliphatic rings. The molecule has 8 heteroatoms. The molecule has 0 fully saturated rings. The highest BCUT2D eigenvalue weighted by Gasteiger charge is 2.17. The van der Waals surface area contributed by atoms with Crippen LogP contribution in [0, 0.1) is 6.92 Å². The Labute approximate surface area is 231 Å². The molecule has 0 spiro atoms. The van der Waals surface area contributed by atoms with Crippen molar-refractivity contribution in [1.82, 2.24) is 10.3 Å². The van der Waals surface area contributed by atoms with Gasteiger partial charge in [-0.15, -0.1) is 11.8 Å². The maximum atomic E-state index is 13.3. The van der Waals surface area contributed by atoms with Crippen LogP contribution in [-0.2, 0) is 9.59 Å². The monoisotopic (exact) mass is 536 g/mol. The van der Waals surface area contributed by atoms with Gasteiger partial charge in [-0.1, -0.05) is 54.1 Å². The van der Waals surface area contributed by atoms with E-state index in [0.29, 0.717) is 16.9 Å². The van der Waals surface area contributed by atoms with Crippen molar-refractivity contribution in [3.8, 4) is 0 Å². The molecule has 1 heterocycles. The molecule has 1 aromatic heterocycles. The van der Waals surface area contributed by atoms with Gasteiger partial charge in [-0.05, 0) is 68.0 Å². The number of nitrogens with one attached hydrogen (secondary N) is 3. The zero-order valence-corrected chi connectivity index (χ0v) is 22.4. The molecule has 3 aromatic carbocycles. The Morgan fingerprint density at radius 1 is 0.821 bits per heavy atom. The number of hydrogen-bond donors (Lipinski definition) is 3. The second-order valence-electron chi connectivity index (χ2n) is 8.76. The number of rotatable bonds is 9. The Kier molecular flexibility index (Phi) is 9.26. The van der Waals surface area contributed by atoms with Gasteiger partial charge < -0.3 is 16.0 Å². The summed E-state index contributed by atoms with van der Waals surface area (Å²) in [6.45, 7) is 3.79. The Morgan fingerprint density at radius 2 is 1.54 bits per heavy atom. The minimum atomic E-state index is -0.467. The van der Waals surface area contributed by atoms with Crippen molar-refractivity contribution in [3.05, 3.63) is 126 Å². The van der Waals surface area contributed by atoms with Gasteiger partial charge in [-0.2, -0.15) is 0 Å². The van der Waals surface area contributed by atoms with Crippen molar-refractivity contribution in [1.29, 1.82) is 0 Å². The van der Waals surface area contributed by atoms with Crippen LogP contribution in [0.15, 0.2) is 114 Å². The Balaban J connectivity index is 1.48. The number of aromatic nitrogens is 1. The average molecular weight is 537 g/mol. The van der Waals surface area contributed by atoms with Gasteiger partial charge in [-0.25, -0.2) is 0 Å². The molecular weight excluding hydrogens is 508 g/mol. The second-order valence-corrected chi connectivity index (χ2v) is 10.2. The zero-order chi connectivity index (χ0) is 27.6. The van der Waals surface area contributed by atoms with Crippen LogP contribution < -0.4 is 16.0 Å². The van der Waals surface area contributed by atoms with E-state index in [9.17, 15) is 14.4 Å². The van der Waals surface area contributed by atoms with Crippen molar-refractivity contribution >= 4 is 46.9 Å². The van der Waals surface area contributed by atoms with Crippen molar-refractivity contribution in [2.45, 2.75) is 24.0 Å². The van der Waals surface area contributed by atoms with E-state index in [2.05, 4.69) is 20.9 Å². The topological polar surface area (TPSA) is 100 Å². The minimum Gasteiger partial charge on any atom is -0.325 e. The lowest BCUT2D eigenvalue weighted by Gasteiger charge is -2.14. The van der Waals surface area contributed by atoms with Crippen LogP contribution in [0.4, 0.5) is 11.4 Å². The maximum absolute atomic E-state index is 13.3. The fourth-order valence-corrected chi connectivity index (χ4v) is 4.48. The lowest BCUT2D eigenvalue weighted by molar-refractivity contribution is -0.115. The summed E-state index contributed by atoms with van der Waals surface area (Å²) in [5, 5.41) is 8.10. The summed E-state index contributed by atoms with van der Waals surface area (Å²) in [6, 6.07) is 27.0. The highest BCUT2D eigenvalue weighted by molar-refractivity contribution is 8.00. The first-order valence-electron chi connectivity index (χ1n) is 12.3. The number of pyridine rings is 1. The van der Waals surface area contributed by atoms with Crippen molar-refractivity contribution in [3.63, 3.8) is 0 Å². The molecule has 39 heavy (non-hydrogen) atoms. The summed E-state index contributed by atoms with van der Waals surface area (Å²) in [5.74, 6) is -1.000. The first-order valence-corrected chi connectivity index (χ1v) is 13.2. The second kappa shape index (κ2) is 13.2. The number of anilines is 2. The number of carbonyl (C=O) groups excluding carboxylic acids is 3. The Bertz CT molecular complexity index is 1470. The van der Waals surface area contributed by atoms with E-state index in [4.69, 9.17) is 0 Å². The molecule has 3 N–H and O–H groups in total. The molecule has 4 rings (SSSR count). The van der Waals surface area contributed by atoms with Crippen LogP contribution in [0.2, 0.25) is 0 Å². The number of benzene rings is 3. The summed E-state index contributed by atoms with van der Waals surface area (Å²) in [7, 11) is 0. The molecule has 0 bridgehead atoms. The molecule has 7 nitrogen and oxygen atoms in total. The summed E-state index contributed by atoms with van der Waals surface area (Å²) in [6.07, 6.45) is 4.87. The number of carbonyl (C=O) groups is 3. The van der Waals surface area contributed by atoms with Crippen molar-refractivity contribution in [2.75, 3.05) is 10.6 Å². The highest BCUT2D eigenvalue weighted by atomic mass is 32.2. The highest BCUT2D eigenvalue weighted by Crippen LogP contribution is 2.27. The van der Waals surface area contributed by atoms with Gasteiger partial charge in [0.25, 0.3) is 11.8 Å². The summed E-state index contributed by atoms with van der Waals surface area (Å²) in [5.41, 5.74) is 3.62. The van der Waals surface area contributed by atoms with Crippen LogP contribution in [-0.4, -0.2) is 28.0 Å². The third-order valence-corrected chi connectivity index (χ3v) is 6.73. The first kappa shape index (κ1) is 27.3. The van der Waals surface area contributed by atoms with E-state index in [0.717, 1.165) is 16.0 Å². The third-order valence-electron chi connectivity index (χ3n) is 5.64. The van der Waals surface area contributed by atoms with Crippen LogP contribution in [0.3, 0.4) is 0 Å². The Morgan fingerprint density at radius 3 is 2.26 bits per heavy atom. The largest absolute Gasteiger partial charge is 0.325 e. The van der Waals surface area contributed by atoms with Gasteiger partial charge >= 0.3 is 0 Å². The molecule has 3 amide bonds. The smallest absolute Gasteiger partial charge is 0.272 e. The standard InChI is InChI=1S/C31H28N4O3S/c1-21-11-13-23(14-12-21)19-28(35-30(37)24-7-4-3-5-8-24)31(38)34-26-9-6-10-27(20-26)39-22(2)29(36)33-25-15-17-32-18-16-25/h3-20,22H,1-2H3,(H,34,38)(H,35,37)(H,32,33,36)/b28-19-. The molecule has 0 aliphatic carbocycles. The molecule has 4 aromatic rings. The normalized spacial score (nSPS) is 11.8. The predicted octanol–water partition coefficient (Wildman–Crippen LogP) is 5.92. The van der Waals surface area contributed by atoms with Crippen LogP contribution >= 0.6 is 11.8 Å². The summed E-state index contributed by atoms with van der Waals surface area (Å²) >= 11 is 1.37. The number of amides is 3. The number of aryl methyl sites for hydroxylation is 1. The molecule has 0 saturated heterocycles. The number of nitrogens with zero attached hydrogens (tertiary/aromatic N) is 1. The van der Waals surface area contributed by atoms with Crippen LogP contribution in [0.1, 0.15) is 28.4 Å². The lowest BCUT2D eigenvalue weighted by atomic mass is 10.1. The van der Waals surface area contributed by atoms with E-state index in [1.54, 1.807) is 73.1 Å². The molecule has 0 saturated carbocycles. The number of thioether (sulfide) groups is 1. The summed E-state index contributed by atoms with van der Waals surface area (Å²) in [4.78, 5) is 43.5.